The van der Waals surface area contributed by atoms with E-state index in [2.05, 4.69) is 39.3 Å². The maximum atomic E-state index is 11.7. The molecule has 0 aliphatic heterocycles. The number of aromatic nitrogens is 4. The number of H-pyrrole nitrogens is 1. The van der Waals surface area contributed by atoms with Crippen molar-refractivity contribution >= 4 is 50.3 Å². The molecule has 4 rings (SSSR count). The molecule has 0 amide bonds. The number of primary sulfonamides is 1. The van der Waals surface area contributed by atoms with E-state index in [1.807, 2.05) is 31.2 Å². The second kappa shape index (κ2) is 10.5. The lowest BCUT2D eigenvalue weighted by Crippen LogP contribution is -2.26. The number of rotatable bonds is 10. The number of imidazole rings is 1. The number of anilines is 5. The number of nitrogens with zero attached hydrogens (tertiary/aromatic N) is 4. The first-order valence-electron chi connectivity index (χ1n) is 11.9. The molecule has 0 radical (unpaired) electrons. The first-order chi connectivity index (χ1) is 17.2. The minimum Gasteiger partial charge on any atom is -0.355 e. The quantitative estimate of drug-likeness (QED) is 0.241. The minimum absolute atomic E-state index is 0.0545. The van der Waals surface area contributed by atoms with Gasteiger partial charge in [0.25, 0.3) is 0 Å². The third-order valence-corrected chi connectivity index (χ3v) is 6.58. The van der Waals surface area contributed by atoms with Crippen LogP contribution >= 0.6 is 0 Å². The number of hydrogen-bond donors (Lipinski definition) is 4. The van der Waals surface area contributed by atoms with Crippen LogP contribution in [0.25, 0.3) is 11.2 Å². The van der Waals surface area contributed by atoms with Crippen molar-refractivity contribution in [1.29, 1.82) is 0 Å². The molecule has 0 saturated heterocycles. The molecule has 2 aromatic carbocycles. The summed E-state index contributed by atoms with van der Waals surface area (Å²) in [5.41, 5.74) is 4.72. The van der Waals surface area contributed by atoms with Gasteiger partial charge in [-0.25, -0.2) is 13.6 Å². The van der Waals surface area contributed by atoms with Crippen molar-refractivity contribution < 1.29 is 8.42 Å². The Morgan fingerprint density at radius 2 is 1.72 bits per heavy atom. The molecule has 0 atom stereocenters. The van der Waals surface area contributed by atoms with Gasteiger partial charge in [0.15, 0.2) is 11.5 Å². The summed E-state index contributed by atoms with van der Waals surface area (Å²) < 4.78 is 23.4. The highest BCUT2D eigenvalue weighted by Gasteiger charge is 2.19. The molecule has 190 valence electrons. The standard InChI is InChI=1S/C25H32N8O2S/c1-5-12-33(13-6-2)23-21-22(30-24(29-21)27-18-9-7-8-16(3)14-18)31-25(32-23)28-20-11-10-19(15-17(20)4)36(26,34)35/h7-11,14-15H,5-6,12-13H2,1-4H3,(H2,26,34,35)(H3,27,28,29,30,31,32). The highest BCUT2D eigenvalue weighted by atomic mass is 32.2. The summed E-state index contributed by atoms with van der Waals surface area (Å²) in [6.45, 7) is 9.77. The molecule has 5 N–H and O–H groups in total. The number of benzene rings is 2. The van der Waals surface area contributed by atoms with E-state index in [1.54, 1.807) is 13.0 Å². The van der Waals surface area contributed by atoms with Gasteiger partial charge < -0.3 is 20.5 Å². The van der Waals surface area contributed by atoms with Crippen molar-refractivity contribution in [2.45, 2.75) is 45.4 Å². The largest absolute Gasteiger partial charge is 0.355 e. The van der Waals surface area contributed by atoms with Crippen molar-refractivity contribution in [3.63, 3.8) is 0 Å². The molecule has 10 nitrogen and oxygen atoms in total. The molecular formula is C25H32N8O2S. The molecule has 0 spiro atoms. The van der Waals surface area contributed by atoms with Crippen molar-refractivity contribution in [1.82, 2.24) is 19.9 Å². The van der Waals surface area contributed by atoms with Gasteiger partial charge in [-0.15, -0.1) is 0 Å². The van der Waals surface area contributed by atoms with Crippen LogP contribution in [0, 0.1) is 13.8 Å². The fourth-order valence-electron chi connectivity index (χ4n) is 4.02. The van der Waals surface area contributed by atoms with Crippen LogP contribution in [0.5, 0.6) is 0 Å². The van der Waals surface area contributed by atoms with E-state index in [4.69, 9.17) is 15.1 Å². The first-order valence-corrected chi connectivity index (χ1v) is 13.5. The number of aryl methyl sites for hydroxylation is 2. The predicted molar refractivity (Wildman–Crippen MR) is 145 cm³/mol. The summed E-state index contributed by atoms with van der Waals surface area (Å²) >= 11 is 0. The topological polar surface area (TPSA) is 142 Å². The highest BCUT2D eigenvalue weighted by molar-refractivity contribution is 7.89. The van der Waals surface area contributed by atoms with Gasteiger partial charge in [-0.05, 0) is 68.1 Å². The van der Waals surface area contributed by atoms with Gasteiger partial charge in [0.1, 0.15) is 5.52 Å². The molecule has 2 aromatic heterocycles. The van der Waals surface area contributed by atoms with Crippen molar-refractivity contribution in [2.24, 2.45) is 5.14 Å². The fraction of sp³-hybridized carbons (Fsp3) is 0.320. The molecule has 11 heteroatoms. The molecule has 2 heterocycles. The van der Waals surface area contributed by atoms with E-state index in [-0.39, 0.29) is 4.90 Å². The molecule has 0 aliphatic carbocycles. The minimum atomic E-state index is -3.79. The molecule has 0 fully saturated rings. The monoisotopic (exact) mass is 508 g/mol. The molecular weight excluding hydrogens is 476 g/mol. The third-order valence-electron chi connectivity index (χ3n) is 5.67. The zero-order chi connectivity index (χ0) is 25.9. The summed E-state index contributed by atoms with van der Waals surface area (Å²) in [7, 11) is -3.79. The van der Waals surface area contributed by atoms with Crippen LogP contribution in [0.2, 0.25) is 0 Å². The van der Waals surface area contributed by atoms with Gasteiger partial charge in [0.2, 0.25) is 21.9 Å². The van der Waals surface area contributed by atoms with Crippen LogP contribution in [-0.2, 0) is 10.0 Å². The van der Waals surface area contributed by atoms with E-state index >= 15 is 0 Å². The maximum absolute atomic E-state index is 11.7. The Morgan fingerprint density at radius 1 is 0.972 bits per heavy atom. The van der Waals surface area contributed by atoms with Crippen molar-refractivity contribution in [3.8, 4) is 0 Å². The average molecular weight is 509 g/mol. The van der Waals surface area contributed by atoms with E-state index in [0.717, 1.165) is 48.5 Å². The van der Waals surface area contributed by atoms with Crippen molar-refractivity contribution in [2.75, 3.05) is 28.6 Å². The van der Waals surface area contributed by atoms with Crippen LogP contribution in [0.3, 0.4) is 0 Å². The Labute approximate surface area is 211 Å². The van der Waals surface area contributed by atoms with Gasteiger partial charge in [-0.2, -0.15) is 15.0 Å². The number of hydrogen-bond acceptors (Lipinski definition) is 8. The van der Waals surface area contributed by atoms with Gasteiger partial charge in [0, 0.05) is 24.5 Å². The van der Waals surface area contributed by atoms with Crippen LogP contribution in [0.15, 0.2) is 47.4 Å². The fourth-order valence-corrected chi connectivity index (χ4v) is 4.62. The number of nitrogens with two attached hydrogens (primary N) is 1. The van der Waals surface area contributed by atoms with Gasteiger partial charge >= 0.3 is 0 Å². The van der Waals surface area contributed by atoms with E-state index < -0.39 is 10.0 Å². The van der Waals surface area contributed by atoms with Crippen molar-refractivity contribution in [3.05, 3.63) is 53.6 Å². The highest BCUT2D eigenvalue weighted by Crippen LogP contribution is 2.29. The van der Waals surface area contributed by atoms with E-state index in [9.17, 15) is 8.42 Å². The second-order valence-electron chi connectivity index (χ2n) is 8.78. The zero-order valence-corrected chi connectivity index (χ0v) is 21.8. The Morgan fingerprint density at radius 3 is 2.36 bits per heavy atom. The van der Waals surface area contributed by atoms with Gasteiger partial charge in [-0.1, -0.05) is 26.0 Å². The third kappa shape index (κ3) is 5.74. The smallest absolute Gasteiger partial charge is 0.238 e. The summed E-state index contributed by atoms with van der Waals surface area (Å²) in [4.78, 5) is 19.8. The number of fused-ring (bicyclic) bond motifs is 1. The average Bonchev–Trinajstić information content (AvgIpc) is 3.21. The lowest BCUT2D eigenvalue weighted by Gasteiger charge is -2.23. The molecule has 0 saturated carbocycles. The zero-order valence-electron chi connectivity index (χ0n) is 21.0. The second-order valence-corrected chi connectivity index (χ2v) is 10.3. The predicted octanol–water partition coefficient (Wildman–Crippen LogP) is 4.73. The molecule has 4 aromatic rings. The Hall–Kier alpha value is -3.70. The lowest BCUT2D eigenvalue weighted by atomic mass is 10.2. The molecule has 0 aliphatic rings. The van der Waals surface area contributed by atoms with Crippen LogP contribution in [0.4, 0.5) is 29.1 Å². The van der Waals surface area contributed by atoms with Gasteiger partial charge in [0.05, 0.1) is 4.90 Å². The van der Waals surface area contributed by atoms with E-state index in [1.165, 1.54) is 12.1 Å². The number of nitrogens with one attached hydrogen (secondary N) is 3. The van der Waals surface area contributed by atoms with Gasteiger partial charge in [-0.3, -0.25) is 0 Å². The summed E-state index contributed by atoms with van der Waals surface area (Å²) in [5.74, 6) is 1.70. The molecule has 36 heavy (non-hydrogen) atoms. The van der Waals surface area contributed by atoms with E-state index in [0.29, 0.717) is 28.8 Å². The SMILES string of the molecule is CCCN(CCC)c1nc(Nc2ccc(S(N)(=O)=O)cc2C)nc2nc(Nc3cccc(C)c3)[nH]c12. The Kier molecular flexibility index (Phi) is 7.41. The summed E-state index contributed by atoms with van der Waals surface area (Å²) in [5, 5.41) is 11.8. The lowest BCUT2D eigenvalue weighted by molar-refractivity contribution is 0.597. The Bertz CT molecular complexity index is 1480. The molecule has 0 unspecified atom stereocenters. The van der Waals surface area contributed by atoms with Crippen LogP contribution < -0.4 is 20.7 Å². The Balaban J connectivity index is 1.76. The summed E-state index contributed by atoms with van der Waals surface area (Å²) in [6.07, 6.45) is 1.93. The number of sulfonamides is 1. The molecule has 0 bridgehead atoms. The first kappa shape index (κ1) is 25.4. The summed E-state index contributed by atoms with van der Waals surface area (Å²) in [6, 6.07) is 12.7. The number of aromatic amines is 1. The van der Waals surface area contributed by atoms with Crippen LogP contribution in [0.1, 0.15) is 37.8 Å². The maximum Gasteiger partial charge on any atom is 0.238 e. The normalized spacial score (nSPS) is 11.6. The van der Waals surface area contributed by atoms with Crippen LogP contribution in [-0.4, -0.2) is 41.4 Å².